The van der Waals surface area contributed by atoms with Gasteiger partial charge in [0.1, 0.15) is 0 Å². The molecule has 1 aliphatic heterocycles. The van der Waals surface area contributed by atoms with Gasteiger partial charge in [-0.15, -0.1) is 0 Å². The Morgan fingerprint density at radius 3 is 2.50 bits per heavy atom. The van der Waals surface area contributed by atoms with Crippen LogP contribution in [0.1, 0.15) is 18.1 Å². The maximum atomic E-state index is 5.90. The summed E-state index contributed by atoms with van der Waals surface area (Å²) in [4.78, 5) is 2.35. The van der Waals surface area contributed by atoms with Gasteiger partial charge in [0.25, 0.3) is 0 Å². The van der Waals surface area contributed by atoms with Crippen molar-refractivity contribution in [2.24, 2.45) is 0 Å². The van der Waals surface area contributed by atoms with Crippen molar-refractivity contribution < 1.29 is 4.74 Å². The topological polar surface area (TPSA) is 51.4 Å². The Hall–Kier alpha value is -1.75. The summed E-state index contributed by atoms with van der Waals surface area (Å²) in [6.07, 6.45) is 2.11. The maximum absolute atomic E-state index is 5.90. The quantitative estimate of drug-likeness (QED) is 0.944. The molecule has 1 aromatic carbocycles. The van der Waals surface area contributed by atoms with Gasteiger partial charge in [-0.05, 0) is 42.4 Å². The van der Waals surface area contributed by atoms with E-state index in [0.29, 0.717) is 12.4 Å². The first kappa shape index (κ1) is 13.2. The zero-order valence-corrected chi connectivity index (χ0v) is 12.4. The van der Waals surface area contributed by atoms with Crippen molar-refractivity contribution in [2.45, 2.75) is 19.8 Å². The standard InChI is InChI=1S/C15H19N3OS/c1-2-19-13-14(16)17-20-15(13)18-9-7-11-5-3-4-6-12(11)8-10-18/h3-6H,2,7-10H2,1H3,(H2,16,17). The lowest BCUT2D eigenvalue weighted by Crippen LogP contribution is -2.25. The SMILES string of the molecule is CCOc1c(N)nsc1N1CCc2ccccc2CC1. The fourth-order valence-corrected chi connectivity index (χ4v) is 3.45. The van der Waals surface area contributed by atoms with Crippen molar-refractivity contribution in [1.29, 1.82) is 0 Å². The number of fused-ring (bicyclic) bond motifs is 1. The van der Waals surface area contributed by atoms with Gasteiger partial charge in [-0.25, -0.2) is 0 Å². The molecule has 0 saturated heterocycles. The highest BCUT2D eigenvalue weighted by molar-refractivity contribution is 7.11. The molecule has 4 nitrogen and oxygen atoms in total. The summed E-state index contributed by atoms with van der Waals surface area (Å²) in [6.45, 7) is 4.56. The van der Waals surface area contributed by atoms with Crippen LogP contribution >= 0.6 is 11.5 Å². The number of hydrogen-bond acceptors (Lipinski definition) is 5. The van der Waals surface area contributed by atoms with Crippen LogP contribution < -0.4 is 15.4 Å². The molecule has 3 rings (SSSR count). The van der Waals surface area contributed by atoms with E-state index >= 15 is 0 Å². The number of nitrogen functional groups attached to an aromatic ring is 1. The van der Waals surface area contributed by atoms with E-state index in [1.807, 2.05) is 6.92 Å². The van der Waals surface area contributed by atoms with Gasteiger partial charge in [0.05, 0.1) is 6.61 Å². The first-order valence-electron chi connectivity index (χ1n) is 6.99. The molecule has 1 aliphatic rings. The van der Waals surface area contributed by atoms with Gasteiger partial charge in [0, 0.05) is 13.1 Å². The molecule has 0 spiro atoms. The Balaban J connectivity index is 1.83. The van der Waals surface area contributed by atoms with Crippen LogP contribution in [-0.2, 0) is 12.8 Å². The van der Waals surface area contributed by atoms with E-state index in [-0.39, 0.29) is 0 Å². The smallest absolute Gasteiger partial charge is 0.197 e. The first-order chi connectivity index (χ1) is 9.79. The van der Waals surface area contributed by atoms with Gasteiger partial charge >= 0.3 is 0 Å². The predicted octanol–water partition coefficient (Wildman–Crippen LogP) is 2.73. The predicted molar refractivity (Wildman–Crippen MR) is 83.8 cm³/mol. The van der Waals surface area contributed by atoms with Crippen LogP contribution in [0.5, 0.6) is 5.75 Å². The molecule has 2 N–H and O–H groups in total. The van der Waals surface area contributed by atoms with Gasteiger partial charge < -0.3 is 15.4 Å². The minimum atomic E-state index is 0.508. The highest BCUT2D eigenvalue weighted by Gasteiger charge is 2.21. The second-order valence-corrected chi connectivity index (χ2v) is 5.64. The largest absolute Gasteiger partial charge is 0.487 e. The Labute approximate surface area is 123 Å². The van der Waals surface area contributed by atoms with Gasteiger partial charge in [0.15, 0.2) is 16.6 Å². The van der Waals surface area contributed by atoms with Crippen molar-refractivity contribution in [3.05, 3.63) is 35.4 Å². The Morgan fingerprint density at radius 2 is 1.90 bits per heavy atom. The lowest BCUT2D eigenvalue weighted by molar-refractivity contribution is 0.343. The van der Waals surface area contributed by atoms with Crippen LogP contribution in [0, 0.1) is 0 Å². The monoisotopic (exact) mass is 289 g/mol. The molecule has 0 fully saturated rings. The zero-order valence-electron chi connectivity index (χ0n) is 11.6. The summed E-state index contributed by atoms with van der Waals surface area (Å²) in [5, 5.41) is 1.07. The summed E-state index contributed by atoms with van der Waals surface area (Å²) >= 11 is 1.44. The Bertz CT molecular complexity index is 570. The normalized spacial score (nSPS) is 14.8. The summed E-state index contributed by atoms with van der Waals surface area (Å²) in [6, 6.07) is 8.68. The number of ether oxygens (including phenoxy) is 1. The van der Waals surface area contributed by atoms with Crippen LogP contribution in [0.25, 0.3) is 0 Å². The summed E-state index contributed by atoms with van der Waals surface area (Å²) in [5.74, 6) is 1.26. The number of benzene rings is 1. The summed E-state index contributed by atoms with van der Waals surface area (Å²) < 4.78 is 9.90. The van der Waals surface area contributed by atoms with Crippen LogP contribution in [0.4, 0.5) is 10.8 Å². The lowest BCUT2D eigenvalue weighted by Gasteiger charge is -2.21. The van der Waals surface area contributed by atoms with Crippen LogP contribution in [-0.4, -0.2) is 24.1 Å². The van der Waals surface area contributed by atoms with Crippen molar-refractivity contribution in [2.75, 3.05) is 30.3 Å². The zero-order chi connectivity index (χ0) is 13.9. The fourth-order valence-electron chi connectivity index (χ4n) is 2.64. The molecule has 2 heterocycles. The van der Waals surface area contributed by atoms with Gasteiger partial charge in [0.2, 0.25) is 0 Å². The molecule has 0 amide bonds. The fraction of sp³-hybridized carbons (Fsp3) is 0.400. The van der Waals surface area contributed by atoms with Crippen LogP contribution in [0.15, 0.2) is 24.3 Å². The third-order valence-corrected chi connectivity index (χ3v) is 4.56. The molecule has 0 bridgehead atoms. The number of nitrogens with two attached hydrogens (primary N) is 1. The van der Waals surface area contributed by atoms with E-state index in [0.717, 1.165) is 36.7 Å². The minimum absolute atomic E-state index is 0.508. The molecule has 5 heteroatoms. The van der Waals surface area contributed by atoms with Crippen molar-refractivity contribution in [3.8, 4) is 5.75 Å². The second-order valence-electron chi connectivity index (χ2n) is 4.89. The van der Waals surface area contributed by atoms with Crippen molar-refractivity contribution in [3.63, 3.8) is 0 Å². The molecule has 106 valence electrons. The Kier molecular flexibility index (Phi) is 3.78. The van der Waals surface area contributed by atoms with E-state index < -0.39 is 0 Å². The molecule has 0 radical (unpaired) electrons. The molecule has 0 aliphatic carbocycles. The summed E-state index contributed by atoms with van der Waals surface area (Å²) in [5.41, 5.74) is 8.80. The van der Waals surface area contributed by atoms with Gasteiger partial charge in [-0.1, -0.05) is 24.3 Å². The lowest BCUT2D eigenvalue weighted by atomic mass is 10.0. The molecule has 2 aromatic rings. The second kappa shape index (κ2) is 5.71. The average molecular weight is 289 g/mol. The third-order valence-electron chi connectivity index (χ3n) is 3.65. The highest BCUT2D eigenvalue weighted by Crippen LogP contribution is 2.39. The molecule has 0 unspecified atom stereocenters. The van der Waals surface area contributed by atoms with Gasteiger partial charge in [-0.3, -0.25) is 0 Å². The van der Waals surface area contributed by atoms with E-state index in [1.54, 1.807) is 0 Å². The number of aromatic nitrogens is 1. The minimum Gasteiger partial charge on any atom is -0.487 e. The first-order valence-corrected chi connectivity index (χ1v) is 7.76. The number of hydrogen-bond donors (Lipinski definition) is 1. The van der Waals surface area contributed by atoms with E-state index in [1.165, 1.54) is 22.7 Å². The molecule has 1 aromatic heterocycles. The van der Waals surface area contributed by atoms with E-state index in [2.05, 4.69) is 33.5 Å². The highest BCUT2D eigenvalue weighted by atomic mass is 32.1. The average Bonchev–Trinajstić information content (AvgIpc) is 2.72. The number of nitrogens with zero attached hydrogens (tertiary/aromatic N) is 2. The van der Waals surface area contributed by atoms with E-state index in [4.69, 9.17) is 10.5 Å². The number of rotatable bonds is 3. The van der Waals surface area contributed by atoms with Crippen LogP contribution in [0.2, 0.25) is 0 Å². The number of anilines is 2. The molecule has 0 saturated carbocycles. The van der Waals surface area contributed by atoms with E-state index in [9.17, 15) is 0 Å². The third kappa shape index (κ3) is 2.45. The molecule has 20 heavy (non-hydrogen) atoms. The Morgan fingerprint density at radius 1 is 1.25 bits per heavy atom. The van der Waals surface area contributed by atoms with Crippen molar-refractivity contribution in [1.82, 2.24) is 4.37 Å². The summed E-state index contributed by atoms with van der Waals surface area (Å²) in [7, 11) is 0. The molecular weight excluding hydrogens is 270 g/mol. The molecule has 0 atom stereocenters. The van der Waals surface area contributed by atoms with Crippen molar-refractivity contribution >= 4 is 22.4 Å². The molecular formula is C15H19N3OS. The van der Waals surface area contributed by atoms with Gasteiger partial charge in [-0.2, -0.15) is 4.37 Å². The van der Waals surface area contributed by atoms with Crippen LogP contribution in [0.3, 0.4) is 0 Å². The maximum Gasteiger partial charge on any atom is 0.197 e.